The van der Waals surface area contributed by atoms with Crippen molar-refractivity contribution in [2.75, 3.05) is 13.1 Å². The lowest BCUT2D eigenvalue weighted by Crippen LogP contribution is -2.39. The molecule has 1 aliphatic rings. The Hall–Kier alpha value is -1.89. The van der Waals surface area contributed by atoms with Crippen molar-refractivity contribution in [1.82, 2.24) is 9.29 Å². The van der Waals surface area contributed by atoms with E-state index in [1.54, 1.807) is 18.2 Å². The molecule has 2 aromatic carbocycles. The summed E-state index contributed by atoms with van der Waals surface area (Å²) >= 11 is 6.20. The number of fused-ring (bicyclic) bond motifs is 1. The van der Waals surface area contributed by atoms with Crippen LogP contribution in [0.25, 0.3) is 11.1 Å². The maximum Gasteiger partial charge on any atom is 0.244 e. The van der Waals surface area contributed by atoms with Crippen LogP contribution in [0.1, 0.15) is 30.2 Å². The van der Waals surface area contributed by atoms with Gasteiger partial charge in [-0.1, -0.05) is 29.8 Å². The zero-order valence-electron chi connectivity index (χ0n) is 14.4. The van der Waals surface area contributed by atoms with Crippen LogP contribution >= 0.6 is 11.6 Å². The summed E-state index contributed by atoms with van der Waals surface area (Å²) in [7, 11) is -3.65. The number of rotatable bonds is 3. The largest absolute Gasteiger partial charge is 0.440 e. The number of piperidine rings is 1. The zero-order chi connectivity index (χ0) is 18.3. The summed E-state index contributed by atoms with van der Waals surface area (Å²) in [6, 6.07) is 12.6. The van der Waals surface area contributed by atoms with Crippen LogP contribution in [0, 0.1) is 6.92 Å². The summed E-state index contributed by atoms with van der Waals surface area (Å²) in [5.41, 5.74) is 2.45. The molecule has 0 bridgehead atoms. The van der Waals surface area contributed by atoms with Crippen molar-refractivity contribution in [1.29, 1.82) is 0 Å². The Kier molecular flexibility index (Phi) is 4.50. The van der Waals surface area contributed by atoms with Crippen LogP contribution in [-0.2, 0) is 10.0 Å². The second-order valence-electron chi connectivity index (χ2n) is 6.66. The van der Waals surface area contributed by atoms with Gasteiger partial charge in [-0.15, -0.1) is 0 Å². The predicted molar refractivity (Wildman–Crippen MR) is 101 cm³/mol. The summed E-state index contributed by atoms with van der Waals surface area (Å²) in [4.78, 5) is 4.70. The maximum atomic E-state index is 13.1. The molecule has 0 N–H and O–H groups in total. The monoisotopic (exact) mass is 390 g/mol. The number of halogens is 1. The van der Waals surface area contributed by atoms with Crippen molar-refractivity contribution in [3.8, 4) is 0 Å². The third-order valence-corrected chi connectivity index (χ3v) is 7.10. The minimum atomic E-state index is -3.65. The molecule has 0 spiro atoms. The number of hydrogen-bond donors (Lipinski definition) is 0. The lowest BCUT2D eigenvalue weighted by atomic mass is 10.00. The number of sulfonamides is 1. The molecule has 3 aromatic rings. The quantitative estimate of drug-likeness (QED) is 0.666. The second kappa shape index (κ2) is 6.68. The molecular formula is C19H19ClN2O3S. The number of aryl methyl sites for hydroxylation is 1. The van der Waals surface area contributed by atoms with E-state index in [0.717, 1.165) is 29.5 Å². The fraction of sp³-hybridized carbons (Fsp3) is 0.316. The van der Waals surface area contributed by atoms with E-state index in [4.69, 9.17) is 16.0 Å². The molecule has 5 nitrogen and oxygen atoms in total. The third kappa shape index (κ3) is 3.13. The molecule has 0 unspecified atom stereocenters. The van der Waals surface area contributed by atoms with Gasteiger partial charge in [0.15, 0.2) is 11.5 Å². The number of oxazole rings is 1. The molecule has 4 rings (SSSR count). The molecule has 7 heteroatoms. The average Bonchev–Trinajstić information content (AvgIpc) is 3.06. The first-order chi connectivity index (χ1) is 12.4. The van der Waals surface area contributed by atoms with Gasteiger partial charge in [0.1, 0.15) is 10.4 Å². The highest BCUT2D eigenvalue weighted by molar-refractivity contribution is 7.89. The van der Waals surface area contributed by atoms with Crippen molar-refractivity contribution < 1.29 is 12.8 Å². The van der Waals surface area contributed by atoms with Crippen molar-refractivity contribution >= 4 is 32.7 Å². The summed E-state index contributed by atoms with van der Waals surface area (Å²) in [5, 5.41) is 0.258. The second-order valence-corrected chi connectivity index (χ2v) is 8.97. The van der Waals surface area contributed by atoms with Gasteiger partial charge in [0.05, 0.1) is 5.02 Å². The maximum absolute atomic E-state index is 13.1. The summed E-state index contributed by atoms with van der Waals surface area (Å²) in [6.07, 6.45) is 1.60. The van der Waals surface area contributed by atoms with Gasteiger partial charge in [0.2, 0.25) is 10.0 Å². The summed E-state index contributed by atoms with van der Waals surface area (Å²) in [5.74, 6) is 0.538. The zero-order valence-corrected chi connectivity index (χ0v) is 15.9. The first-order valence-corrected chi connectivity index (χ1v) is 10.4. The molecule has 1 saturated heterocycles. The topological polar surface area (TPSA) is 63.4 Å². The van der Waals surface area contributed by atoms with E-state index >= 15 is 0 Å². The normalized spacial score (nSPS) is 19.1. The van der Waals surface area contributed by atoms with Crippen LogP contribution in [0.4, 0.5) is 0 Å². The van der Waals surface area contributed by atoms with Crippen LogP contribution in [0.5, 0.6) is 0 Å². The molecule has 0 amide bonds. The van der Waals surface area contributed by atoms with Gasteiger partial charge in [0, 0.05) is 19.0 Å². The lowest BCUT2D eigenvalue weighted by molar-refractivity contribution is 0.288. The fourth-order valence-electron chi connectivity index (χ4n) is 3.38. The van der Waals surface area contributed by atoms with Gasteiger partial charge in [-0.2, -0.15) is 4.31 Å². The Morgan fingerprint density at radius 2 is 2.04 bits per heavy atom. The van der Waals surface area contributed by atoms with Crippen LogP contribution in [-0.4, -0.2) is 30.8 Å². The average molecular weight is 391 g/mol. The van der Waals surface area contributed by atoms with E-state index in [1.807, 2.05) is 31.2 Å². The van der Waals surface area contributed by atoms with E-state index in [1.165, 1.54) is 4.31 Å². The van der Waals surface area contributed by atoms with Crippen molar-refractivity contribution in [2.24, 2.45) is 0 Å². The van der Waals surface area contributed by atoms with Gasteiger partial charge in [-0.05, 0) is 49.6 Å². The molecule has 1 aliphatic heterocycles. The number of para-hydroxylation sites is 2. The Morgan fingerprint density at radius 1 is 1.23 bits per heavy atom. The fourth-order valence-corrected chi connectivity index (χ4v) is 5.48. The molecule has 136 valence electrons. The van der Waals surface area contributed by atoms with E-state index in [9.17, 15) is 8.42 Å². The van der Waals surface area contributed by atoms with Gasteiger partial charge in [-0.3, -0.25) is 0 Å². The first-order valence-electron chi connectivity index (χ1n) is 8.57. The summed E-state index contributed by atoms with van der Waals surface area (Å²) in [6.45, 7) is 2.70. The molecule has 0 saturated carbocycles. The van der Waals surface area contributed by atoms with Crippen LogP contribution < -0.4 is 0 Å². The minimum Gasteiger partial charge on any atom is -0.440 e. The van der Waals surface area contributed by atoms with E-state index in [2.05, 4.69) is 4.98 Å². The van der Waals surface area contributed by atoms with Gasteiger partial charge in [0.25, 0.3) is 0 Å². The smallest absolute Gasteiger partial charge is 0.244 e. The number of aromatic nitrogens is 1. The Bertz CT molecular complexity index is 1030. The van der Waals surface area contributed by atoms with Crippen molar-refractivity contribution in [2.45, 2.75) is 30.6 Å². The lowest BCUT2D eigenvalue weighted by Gasteiger charge is -2.30. The molecule has 0 radical (unpaired) electrons. The first kappa shape index (κ1) is 17.5. The van der Waals surface area contributed by atoms with Gasteiger partial charge < -0.3 is 4.42 Å². The van der Waals surface area contributed by atoms with E-state index in [0.29, 0.717) is 19.0 Å². The van der Waals surface area contributed by atoms with Crippen molar-refractivity contribution in [3.63, 3.8) is 0 Å². The minimum absolute atomic E-state index is 0.0600. The standard InChI is InChI=1S/C19H19ClN2O3S/c1-13-8-9-18(15(20)11-13)26(23,24)22-10-4-5-14(12-22)19-21-16-6-2-3-7-17(16)25-19/h2-3,6-9,11,14H,4-5,10,12H2,1H3/t14-/m1/s1. The number of hydrogen-bond acceptors (Lipinski definition) is 4. The highest BCUT2D eigenvalue weighted by Crippen LogP contribution is 2.33. The van der Waals surface area contributed by atoms with Crippen LogP contribution in [0.2, 0.25) is 5.02 Å². The van der Waals surface area contributed by atoms with E-state index < -0.39 is 10.0 Å². The van der Waals surface area contributed by atoms with Crippen LogP contribution in [0.3, 0.4) is 0 Å². The molecule has 1 atom stereocenters. The Balaban J connectivity index is 1.63. The molecule has 1 fully saturated rings. The third-order valence-electron chi connectivity index (χ3n) is 4.75. The van der Waals surface area contributed by atoms with Gasteiger partial charge in [-0.25, -0.2) is 13.4 Å². The highest BCUT2D eigenvalue weighted by atomic mass is 35.5. The molecular weight excluding hydrogens is 372 g/mol. The van der Waals surface area contributed by atoms with Crippen molar-refractivity contribution in [3.05, 3.63) is 58.9 Å². The molecule has 0 aliphatic carbocycles. The predicted octanol–water partition coefficient (Wildman–Crippen LogP) is 4.36. The number of nitrogens with zero attached hydrogens (tertiary/aromatic N) is 2. The number of benzene rings is 2. The SMILES string of the molecule is Cc1ccc(S(=O)(=O)N2CCC[C@@H](c3nc4ccccc4o3)C2)c(Cl)c1. The van der Waals surface area contributed by atoms with Crippen LogP contribution in [0.15, 0.2) is 51.8 Å². The summed E-state index contributed by atoms with van der Waals surface area (Å²) < 4.78 is 33.5. The highest BCUT2D eigenvalue weighted by Gasteiger charge is 2.34. The molecule has 1 aromatic heterocycles. The van der Waals surface area contributed by atoms with E-state index in [-0.39, 0.29) is 15.8 Å². The molecule has 26 heavy (non-hydrogen) atoms. The molecule has 2 heterocycles. The Morgan fingerprint density at radius 3 is 2.81 bits per heavy atom. The Labute approximate surface area is 157 Å². The van der Waals surface area contributed by atoms with Gasteiger partial charge >= 0.3 is 0 Å².